The number of halogens is 2. The maximum absolute atomic E-state index is 17.2. The summed E-state index contributed by atoms with van der Waals surface area (Å²) in [6.07, 6.45) is 12.3. The number of aryl methyl sites for hydroxylation is 1. The van der Waals surface area contributed by atoms with Gasteiger partial charge in [0.2, 0.25) is 0 Å². The summed E-state index contributed by atoms with van der Waals surface area (Å²) in [6.45, 7) is 8.05. The number of hydrogen-bond acceptors (Lipinski definition) is 10. The first-order chi connectivity index (χ1) is 26.1. The van der Waals surface area contributed by atoms with Crippen LogP contribution in [0.5, 0.6) is 11.8 Å². The van der Waals surface area contributed by atoms with Gasteiger partial charge in [0.25, 0.3) is 0 Å². The van der Waals surface area contributed by atoms with Gasteiger partial charge >= 0.3 is 6.01 Å². The molecule has 5 heterocycles. The van der Waals surface area contributed by atoms with Crippen LogP contribution in [-0.2, 0) is 15.9 Å². The van der Waals surface area contributed by atoms with E-state index in [1.807, 2.05) is 11.8 Å². The molecule has 10 nitrogen and oxygen atoms in total. The lowest BCUT2D eigenvalue weighted by atomic mass is 9.69. The number of aliphatic hydroxyl groups is 1. The first kappa shape index (κ1) is 36.0. The average molecular weight is 744 g/mol. The number of likely N-dealkylation sites (tertiary alicyclic amines) is 1. The van der Waals surface area contributed by atoms with Crippen LogP contribution in [0, 0.1) is 22.5 Å². The van der Waals surface area contributed by atoms with Gasteiger partial charge in [-0.3, -0.25) is 9.88 Å². The molecule has 288 valence electrons. The summed E-state index contributed by atoms with van der Waals surface area (Å²) >= 11 is 0. The number of fused-ring (bicyclic) bond motifs is 3. The van der Waals surface area contributed by atoms with Crippen LogP contribution in [0.15, 0.2) is 30.5 Å². The van der Waals surface area contributed by atoms with Crippen molar-refractivity contribution in [2.24, 2.45) is 10.8 Å². The summed E-state index contributed by atoms with van der Waals surface area (Å²) < 4.78 is 50.3. The van der Waals surface area contributed by atoms with Crippen LogP contribution in [0.25, 0.3) is 32.9 Å². The first-order valence-electron chi connectivity index (χ1n) is 19.9. The summed E-state index contributed by atoms with van der Waals surface area (Å²) in [5.41, 5.74) is -0.152. The molecule has 1 spiro atoms. The van der Waals surface area contributed by atoms with E-state index in [2.05, 4.69) is 9.88 Å². The number of benzene rings is 2. The summed E-state index contributed by atoms with van der Waals surface area (Å²) in [4.78, 5) is 18.9. The molecular formula is C42H51F2N5O5. The Hall–Kier alpha value is -3.71. The van der Waals surface area contributed by atoms with Gasteiger partial charge in [0.05, 0.1) is 45.0 Å². The lowest BCUT2D eigenvalue weighted by molar-refractivity contribution is -0.143. The molecular weight excluding hydrogens is 692 g/mol. The molecule has 3 atom stereocenters. The van der Waals surface area contributed by atoms with Crippen molar-refractivity contribution >= 4 is 27.5 Å². The van der Waals surface area contributed by atoms with Crippen molar-refractivity contribution in [2.45, 2.75) is 95.7 Å². The minimum atomic E-state index is -1.17. The molecule has 0 bridgehead atoms. The van der Waals surface area contributed by atoms with Gasteiger partial charge in [0.15, 0.2) is 5.82 Å². The molecule has 3 saturated heterocycles. The van der Waals surface area contributed by atoms with Crippen LogP contribution in [0.3, 0.4) is 0 Å². The number of anilines is 1. The fraction of sp³-hybridized carbons (Fsp3) is 0.595. The summed E-state index contributed by atoms with van der Waals surface area (Å²) in [5, 5.41) is 23.3. The van der Waals surface area contributed by atoms with Gasteiger partial charge in [-0.05, 0) is 106 Å². The largest absolute Gasteiger partial charge is 0.508 e. The highest BCUT2D eigenvalue weighted by molar-refractivity contribution is 6.01. The molecule has 9 rings (SSSR count). The third-order valence-electron chi connectivity index (χ3n) is 13.3. The Morgan fingerprint density at radius 1 is 0.981 bits per heavy atom. The molecule has 2 aliphatic carbocycles. The van der Waals surface area contributed by atoms with E-state index in [-0.39, 0.29) is 47.1 Å². The zero-order valence-corrected chi connectivity index (χ0v) is 31.4. The second-order valence-electron chi connectivity index (χ2n) is 17.1. The number of phenolic OH excluding ortho intramolecular Hbond substituents is 1. The Kier molecular flexibility index (Phi) is 9.18. The zero-order valence-electron chi connectivity index (χ0n) is 31.4. The fourth-order valence-corrected chi connectivity index (χ4v) is 10.5. The van der Waals surface area contributed by atoms with Crippen molar-refractivity contribution in [1.82, 2.24) is 19.9 Å². The molecule has 3 aliphatic heterocycles. The van der Waals surface area contributed by atoms with Crippen molar-refractivity contribution in [3.63, 3.8) is 0 Å². The van der Waals surface area contributed by atoms with Crippen molar-refractivity contribution in [3.8, 4) is 23.0 Å². The normalized spacial score (nSPS) is 27.6. The number of rotatable bonds is 7. The van der Waals surface area contributed by atoms with E-state index >= 15 is 8.78 Å². The molecule has 0 unspecified atom stereocenters. The van der Waals surface area contributed by atoms with Crippen LogP contribution in [-0.4, -0.2) is 100 Å². The molecule has 54 heavy (non-hydrogen) atoms. The minimum absolute atomic E-state index is 0.0117. The van der Waals surface area contributed by atoms with Gasteiger partial charge in [0, 0.05) is 41.2 Å². The van der Waals surface area contributed by atoms with Crippen LogP contribution in [0.2, 0.25) is 0 Å². The highest BCUT2D eigenvalue weighted by atomic mass is 19.1. The molecule has 2 N–H and O–H groups in total. The number of phenols is 1. The SMILES string of the molecule is CCc1c(F)ccc2cc(O)cc(-c3ncc4c(N5CCOC[C@@](C)(O)C5)nc(OC[C@]56CCC[C@H]5N(C5CCC7(CC5)COC7)CCC6)nc4c3F)c12. The second kappa shape index (κ2) is 13.8. The Morgan fingerprint density at radius 3 is 2.57 bits per heavy atom. The third-order valence-corrected chi connectivity index (χ3v) is 13.3. The second-order valence-corrected chi connectivity index (χ2v) is 17.1. The molecule has 2 aromatic carbocycles. The molecule has 5 aliphatic rings. The van der Waals surface area contributed by atoms with E-state index in [0.717, 1.165) is 51.9 Å². The van der Waals surface area contributed by atoms with E-state index in [4.69, 9.17) is 24.2 Å². The van der Waals surface area contributed by atoms with Gasteiger partial charge < -0.3 is 29.3 Å². The number of hydrogen-bond donors (Lipinski definition) is 2. The quantitative estimate of drug-likeness (QED) is 0.206. The highest BCUT2D eigenvalue weighted by Gasteiger charge is 2.52. The number of nitrogens with zero attached hydrogens (tertiary/aromatic N) is 5. The van der Waals surface area contributed by atoms with Crippen molar-refractivity contribution in [2.75, 3.05) is 57.6 Å². The van der Waals surface area contributed by atoms with Crippen molar-refractivity contribution < 1.29 is 33.2 Å². The maximum atomic E-state index is 17.2. The predicted molar refractivity (Wildman–Crippen MR) is 202 cm³/mol. The van der Waals surface area contributed by atoms with Crippen LogP contribution in [0.4, 0.5) is 14.6 Å². The van der Waals surface area contributed by atoms with E-state index in [1.54, 1.807) is 19.1 Å². The lowest BCUT2D eigenvalue weighted by Gasteiger charge is -2.53. The Bertz CT molecular complexity index is 2070. The smallest absolute Gasteiger partial charge is 0.319 e. The predicted octanol–water partition coefficient (Wildman–Crippen LogP) is 6.95. The van der Waals surface area contributed by atoms with E-state index < -0.39 is 17.2 Å². The van der Waals surface area contributed by atoms with Crippen LogP contribution in [0.1, 0.15) is 77.2 Å². The first-order valence-corrected chi connectivity index (χ1v) is 19.9. The molecule has 4 aromatic rings. The molecule has 0 amide bonds. The number of aromatic nitrogens is 3. The fourth-order valence-electron chi connectivity index (χ4n) is 10.5. The molecule has 2 saturated carbocycles. The monoisotopic (exact) mass is 743 g/mol. The lowest BCUT2D eigenvalue weighted by Crippen LogP contribution is -2.57. The summed E-state index contributed by atoms with van der Waals surface area (Å²) in [7, 11) is 0. The Labute approximate surface area is 314 Å². The van der Waals surface area contributed by atoms with E-state index in [9.17, 15) is 10.2 Å². The Balaban J connectivity index is 1.10. The number of pyridine rings is 1. The Morgan fingerprint density at radius 2 is 1.80 bits per heavy atom. The summed E-state index contributed by atoms with van der Waals surface area (Å²) in [6, 6.07) is 7.00. The van der Waals surface area contributed by atoms with E-state index in [1.165, 1.54) is 44.0 Å². The van der Waals surface area contributed by atoms with Crippen molar-refractivity contribution in [1.29, 1.82) is 0 Å². The van der Waals surface area contributed by atoms with Crippen LogP contribution < -0.4 is 9.64 Å². The topological polar surface area (TPSA) is 113 Å². The molecule has 5 fully saturated rings. The van der Waals surface area contributed by atoms with Gasteiger partial charge in [-0.15, -0.1) is 0 Å². The molecule has 0 radical (unpaired) electrons. The molecule has 12 heteroatoms. The highest BCUT2D eigenvalue weighted by Crippen LogP contribution is 2.51. The van der Waals surface area contributed by atoms with E-state index in [0.29, 0.717) is 71.2 Å². The van der Waals surface area contributed by atoms with Gasteiger partial charge in [-0.25, -0.2) is 8.78 Å². The number of aromatic hydroxyl groups is 1. The minimum Gasteiger partial charge on any atom is -0.508 e. The molecule has 2 aromatic heterocycles. The van der Waals surface area contributed by atoms with Gasteiger partial charge in [0.1, 0.15) is 34.2 Å². The number of piperidine rings is 1. The van der Waals surface area contributed by atoms with Gasteiger partial charge in [-0.2, -0.15) is 9.97 Å². The third kappa shape index (κ3) is 6.27. The zero-order chi connectivity index (χ0) is 37.2. The number of ether oxygens (including phenoxy) is 3. The standard InChI is InChI=1S/C42H51F2N5O5/c1-3-29-32(43)8-7-26-18-28(50)19-30(34(26)29)36-35(44)37-31(20-45-36)38(48-16-17-52-22-40(2,51)21-48)47-39(46-37)54-25-42-11-4-6-33(42)49(15-5-12-42)27-9-13-41(14-10-27)23-53-24-41/h7-8,18-20,27,33,50-51H,3-6,9-17,21-25H2,1-2H3/t33-,40+,42-/m1/s1. The maximum Gasteiger partial charge on any atom is 0.319 e. The van der Waals surface area contributed by atoms with Gasteiger partial charge in [-0.1, -0.05) is 19.4 Å². The summed E-state index contributed by atoms with van der Waals surface area (Å²) in [5.74, 6) is -0.796. The van der Waals surface area contributed by atoms with Crippen molar-refractivity contribution in [3.05, 3.63) is 47.7 Å². The average Bonchev–Trinajstić information content (AvgIpc) is 3.50. The van der Waals surface area contributed by atoms with Crippen LogP contribution >= 0.6 is 0 Å². The number of β-amino-alcohol motifs (C(OH)–C–C–N with tert-alkyl or cyclic N) is 1.